The molecule has 0 radical (unpaired) electrons. The van der Waals surface area contributed by atoms with E-state index in [9.17, 15) is 4.79 Å². The van der Waals surface area contributed by atoms with Gasteiger partial charge in [0.15, 0.2) is 11.6 Å². The Balaban J connectivity index is 1.47. The second-order valence-corrected chi connectivity index (χ2v) is 6.36. The van der Waals surface area contributed by atoms with Gasteiger partial charge in [0, 0.05) is 23.7 Å². The van der Waals surface area contributed by atoms with Gasteiger partial charge >= 0.3 is 0 Å². The molecule has 1 N–H and O–H groups in total. The van der Waals surface area contributed by atoms with E-state index in [-0.39, 0.29) is 5.91 Å². The molecule has 1 amide bonds. The maximum absolute atomic E-state index is 12.4. The van der Waals surface area contributed by atoms with Crippen LogP contribution < -0.4 is 5.32 Å². The lowest BCUT2D eigenvalue weighted by Gasteiger charge is -2.07. The largest absolute Gasteiger partial charge is 0.320 e. The molecule has 28 heavy (non-hydrogen) atoms. The highest BCUT2D eigenvalue weighted by Crippen LogP contribution is 2.15. The number of benzene rings is 1. The SMILES string of the molecule is Cc1cc(C)n(-c2ccc(NC(=O)c3cnc(-c4ccccc4)nc3)cn2)n1. The van der Waals surface area contributed by atoms with Crippen molar-refractivity contribution in [3.63, 3.8) is 0 Å². The first-order valence-electron chi connectivity index (χ1n) is 8.79. The molecule has 0 saturated heterocycles. The molecule has 0 aliphatic heterocycles. The number of nitrogens with one attached hydrogen (secondary N) is 1. The molecule has 0 aliphatic rings. The number of aryl methyl sites for hydroxylation is 2. The zero-order valence-electron chi connectivity index (χ0n) is 15.5. The molecule has 0 spiro atoms. The van der Waals surface area contributed by atoms with Crippen molar-refractivity contribution in [2.75, 3.05) is 5.32 Å². The predicted octanol–water partition coefficient (Wildman–Crippen LogP) is 3.59. The van der Waals surface area contributed by atoms with Crippen molar-refractivity contribution in [1.82, 2.24) is 24.7 Å². The molecular weight excluding hydrogens is 352 g/mol. The number of carbonyl (C=O) groups excluding carboxylic acids is 1. The molecule has 0 unspecified atom stereocenters. The third-order valence-electron chi connectivity index (χ3n) is 4.18. The second-order valence-electron chi connectivity index (χ2n) is 6.36. The minimum atomic E-state index is -0.291. The van der Waals surface area contributed by atoms with Crippen LogP contribution in [0.2, 0.25) is 0 Å². The van der Waals surface area contributed by atoms with Crippen LogP contribution in [-0.4, -0.2) is 30.6 Å². The van der Waals surface area contributed by atoms with Crippen molar-refractivity contribution in [3.05, 3.63) is 84.1 Å². The van der Waals surface area contributed by atoms with E-state index in [1.54, 1.807) is 16.9 Å². The Bertz CT molecular complexity index is 1100. The molecule has 1 aromatic carbocycles. The number of carbonyl (C=O) groups is 1. The third-order valence-corrected chi connectivity index (χ3v) is 4.18. The van der Waals surface area contributed by atoms with Gasteiger partial charge in [-0.3, -0.25) is 4.79 Å². The average molecular weight is 370 g/mol. The van der Waals surface area contributed by atoms with E-state index in [0.29, 0.717) is 22.9 Å². The minimum absolute atomic E-state index is 0.291. The Labute approximate surface area is 162 Å². The van der Waals surface area contributed by atoms with Crippen LogP contribution in [0.4, 0.5) is 5.69 Å². The van der Waals surface area contributed by atoms with Crippen LogP contribution in [0.15, 0.2) is 67.1 Å². The van der Waals surface area contributed by atoms with Gasteiger partial charge in [-0.15, -0.1) is 0 Å². The van der Waals surface area contributed by atoms with Crippen LogP contribution in [0.3, 0.4) is 0 Å². The molecule has 4 rings (SSSR count). The van der Waals surface area contributed by atoms with Gasteiger partial charge < -0.3 is 5.32 Å². The monoisotopic (exact) mass is 370 g/mol. The summed E-state index contributed by atoms with van der Waals surface area (Å²) in [5, 5.41) is 7.21. The number of hydrogen-bond donors (Lipinski definition) is 1. The van der Waals surface area contributed by atoms with Gasteiger partial charge in [0.1, 0.15) is 0 Å². The van der Waals surface area contributed by atoms with E-state index in [1.807, 2.05) is 56.3 Å². The Morgan fingerprint density at radius 2 is 1.68 bits per heavy atom. The fourth-order valence-corrected chi connectivity index (χ4v) is 2.83. The van der Waals surface area contributed by atoms with E-state index >= 15 is 0 Å². The summed E-state index contributed by atoms with van der Waals surface area (Å²) in [5.41, 5.74) is 3.79. The molecule has 0 aliphatic carbocycles. The van der Waals surface area contributed by atoms with E-state index < -0.39 is 0 Å². The lowest BCUT2D eigenvalue weighted by atomic mass is 10.2. The third kappa shape index (κ3) is 3.64. The summed E-state index contributed by atoms with van der Waals surface area (Å²) in [6, 6.07) is 15.2. The number of nitrogens with zero attached hydrogens (tertiary/aromatic N) is 5. The van der Waals surface area contributed by atoms with Gasteiger partial charge in [-0.1, -0.05) is 30.3 Å². The molecule has 0 saturated carbocycles. The Hall–Kier alpha value is -3.87. The molecule has 7 heteroatoms. The smallest absolute Gasteiger partial charge is 0.258 e. The lowest BCUT2D eigenvalue weighted by Crippen LogP contribution is -2.13. The minimum Gasteiger partial charge on any atom is -0.320 e. The number of amides is 1. The molecule has 3 heterocycles. The van der Waals surface area contributed by atoms with Crippen LogP contribution in [0.1, 0.15) is 21.7 Å². The summed E-state index contributed by atoms with van der Waals surface area (Å²) in [6.45, 7) is 3.90. The number of anilines is 1. The van der Waals surface area contributed by atoms with Crippen molar-refractivity contribution in [3.8, 4) is 17.2 Å². The highest BCUT2D eigenvalue weighted by Gasteiger charge is 2.10. The van der Waals surface area contributed by atoms with Crippen molar-refractivity contribution in [2.45, 2.75) is 13.8 Å². The van der Waals surface area contributed by atoms with E-state index in [2.05, 4.69) is 25.4 Å². The molecule has 138 valence electrons. The molecule has 0 atom stereocenters. The number of rotatable bonds is 4. The van der Waals surface area contributed by atoms with Crippen LogP contribution >= 0.6 is 0 Å². The quantitative estimate of drug-likeness (QED) is 0.593. The van der Waals surface area contributed by atoms with Crippen LogP contribution in [-0.2, 0) is 0 Å². The first-order valence-corrected chi connectivity index (χ1v) is 8.79. The van der Waals surface area contributed by atoms with E-state index in [1.165, 1.54) is 12.4 Å². The summed E-state index contributed by atoms with van der Waals surface area (Å²) < 4.78 is 1.76. The summed E-state index contributed by atoms with van der Waals surface area (Å²) >= 11 is 0. The van der Waals surface area contributed by atoms with Gasteiger partial charge in [-0.05, 0) is 32.0 Å². The molecule has 0 fully saturated rings. The van der Waals surface area contributed by atoms with Crippen molar-refractivity contribution in [1.29, 1.82) is 0 Å². The second kappa shape index (κ2) is 7.40. The first-order chi connectivity index (χ1) is 13.6. The zero-order valence-corrected chi connectivity index (χ0v) is 15.5. The molecule has 7 nitrogen and oxygen atoms in total. The number of aromatic nitrogens is 5. The normalized spacial score (nSPS) is 10.6. The van der Waals surface area contributed by atoms with Gasteiger partial charge in [-0.2, -0.15) is 5.10 Å². The molecular formula is C21H18N6O. The van der Waals surface area contributed by atoms with Gasteiger partial charge in [0.25, 0.3) is 5.91 Å². The van der Waals surface area contributed by atoms with Gasteiger partial charge in [0.2, 0.25) is 0 Å². The van der Waals surface area contributed by atoms with Crippen LogP contribution in [0.25, 0.3) is 17.2 Å². The number of pyridine rings is 1. The van der Waals surface area contributed by atoms with Gasteiger partial charge in [-0.25, -0.2) is 19.6 Å². The predicted molar refractivity (Wildman–Crippen MR) is 106 cm³/mol. The number of hydrogen-bond acceptors (Lipinski definition) is 5. The standard InChI is InChI=1S/C21H18N6O/c1-14-10-15(2)27(26-14)19-9-8-18(13-22-19)25-21(28)17-11-23-20(24-12-17)16-6-4-3-5-7-16/h3-13H,1-2H3,(H,25,28). The summed E-state index contributed by atoms with van der Waals surface area (Å²) in [4.78, 5) is 25.4. The highest BCUT2D eigenvalue weighted by molar-refractivity contribution is 6.03. The topological polar surface area (TPSA) is 85.6 Å². The Morgan fingerprint density at radius 1 is 0.929 bits per heavy atom. The summed E-state index contributed by atoms with van der Waals surface area (Å²) in [6.07, 6.45) is 4.63. The molecule has 4 aromatic rings. The lowest BCUT2D eigenvalue weighted by molar-refractivity contribution is 0.102. The van der Waals surface area contributed by atoms with E-state index in [0.717, 1.165) is 17.0 Å². The average Bonchev–Trinajstić information content (AvgIpc) is 3.07. The fraction of sp³-hybridized carbons (Fsp3) is 0.0952. The van der Waals surface area contributed by atoms with Crippen molar-refractivity contribution < 1.29 is 4.79 Å². The van der Waals surface area contributed by atoms with Crippen molar-refractivity contribution in [2.24, 2.45) is 0 Å². The maximum atomic E-state index is 12.4. The molecule has 3 aromatic heterocycles. The summed E-state index contributed by atoms with van der Waals surface area (Å²) in [5.74, 6) is 0.979. The zero-order chi connectivity index (χ0) is 19.5. The van der Waals surface area contributed by atoms with Crippen molar-refractivity contribution >= 4 is 11.6 Å². The highest BCUT2D eigenvalue weighted by atomic mass is 16.1. The molecule has 0 bridgehead atoms. The maximum Gasteiger partial charge on any atom is 0.258 e. The Kier molecular flexibility index (Phi) is 4.63. The van der Waals surface area contributed by atoms with Crippen LogP contribution in [0, 0.1) is 13.8 Å². The summed E-state index contributed by atoms with van der Waals surface area (Å²) in [7, 11) is 0. The Morgan fingerprint density at radius 3 is 2.29 bits per heavy atom. The van der Waals surface area contributed by atoms with Crippen LogP contribution in [0.5, 0.6) is 0 Å². The first kappa shape index (κ1) is 17.5. The fourth-order valence-electron chi connectivity index (χ4n) is 2.83. The van der Waals surface area contributed by atoms with E-state index in [4.69, 9.17) is 0 Å². The van der Waals surface area contributed by atoms with Gasteiger partial charge in [0.05, 0.1) is 23.1 Å².